The molecule has 0 bridgehead atoms. The van der Waals surface area contributed by atoms with Crippen LogP contribution >= 0.6 is 0 Å². The number of amides is 1. The van der Waals surface area contributed by atoms with Gasteiger partial charge in [0.2, 0.25) is 0 Å². The Morgan fingerprint density at radius 1 is 1.26 bits per heavy atom. The summed E-state index contributed by atoms with van der Waals surface area (Å²) in [5.74, 6) is -0.359. The molecule has 27 heavy (non-hydrogen) atoms. The average Bonchev–Trinajstić information content (AvgIpc) is 3.22. The van der Waals surface area contributed by atoms with Gasteiger partial charge in [-0.1, -0.05) is 31.2 Å². The Morgan fingerprint density at radius 3 is 2.59 bits per heavy atom. The van der Waals surface area contributed by atoms with Crippen molar-refractivity contribution in [2.24, 2.45) is 0 Å². The fraction of sp³-hybridized carbons (Fsp3) is 0.200. The average molecular weight is 364 g/mol. The van der Waals surface area contributed by atoms with Gasteiger partial charge in [0.05, 0.1) is 17.3 Å². The van der Waals surface area contributed by atoms with E-state index in [-0.39, 0.29) is 23.2 Å². The highest BCUT2D eigenvalue weighted by Gasteiger charge is 2.20. The second-order valence-electron chi connectivity index (χ2n) is 6.22. The number of benzene rings is 2. The number of nitro benzene ring substituents is 1. The molecule has 0 aliphatic carbocycles. The molecule has 0 saturated carbocycles. The lowest BCUT2D eigenvalue weighted by molar-refractivity contribution is -0.384. The molecule has 0 fully saturated rings. The third-order valence-corrected chi connectivity index (χ3v) is 4.45. The number of nitro groups is 1. The van der Waals surface area contributed by atoms with Crippen molar-refractivity contribution >= 4 is 11.6 Å². The Bertz CT molecular complexity index is 950. The molecule has 0 spiro atoms. The van der Waals surface area contributed by atoms with Gasteiger partial charge in [-0.3, -0.25) is 14.9 Å². The van der Waals surface area contributed by atoms with E-state index in [0.29, 0.717) is 5.69 Å². The van der Waals surface area contributed by atoms with E-state index >= 15 is 0 Å². The Morgan fingerprint density at radius 2 is 2.00 bits per heavy atom. The van der Waals surface area contributed by atoms with Crippen molar-refractivity contribution in [1.82, 2.24) is 14.9 Å². The van der Waals surface area contributed by atoms with Gasteiger partial charge < -0.3 is 9.88 Å². The van der Waals surface area contributed by atoms with Gasteiger partial charge in [0, 0.05) is 24.0 Å². The molecule has 1 N–H and O–H groups in total. The molecule has 3 aromatic rings. The molecular weight excluding hydrogens is 344 g/mol. The number of aromatic nitrogens is 2. The summed E-state index contributed by atoms with van der Waals surface area (Å²) >= 11 is 0. The van der Waals surface area contributed by atoms with Crippen molar-refractivity contribution in [2.75, 3.05) is 0 Å². The van der Waals surface area contributed by atoms with Gasteiger partial charge in [0.15, 0.2) is 0 Å². The van der Waals surface area contributed by atoms with Crippen LogP contribution in [0.2, 0.25) is 0 Å². The number of hydrogen-bond acceptors (Lipinski definition) is 4. The molecule has 7 nitrogen and oxygen atoms in total. The molecule has 0 saturated heterocycles. The van der Waals surface area contributed by atoms with E-state index in [1.54, 1.807) is 18.3 Å². The zero-order valence-corrected chi connectivity index (χ0v) is 15.1. The normalized spacial score (nSPS) is 11.8. The summed E-state index contributed by atoms with van der Waals surface area (Å²) in [7, 11) is 0. The summed E-state index contributed by atoms with van der Waals surface area (Å²) in [6, 6.07) is 12.2. The Labute approximate surface area is 156 Å². The van der Waals surface area contributed by atoms with Crippen LogP contribution in [0.15, 0.2) is 61.2 Å². The molecule has 1 atom stereocenters. The second kappa shape index (κ2) is 7.82. The van der Waals surface area contributed by atoms with Crippen molar-refractivity contribution in [3.8, 4) is 5.69 Å². The number of nitrogens with one attached hydrogen (secondary N) is 1. The molecule has 2 aromatic carbocycles. The van der Waals surface area contributed by atoms with E-state index in [1.807, 2.05) is 31.2 Å². The van der Waals surface area contributed by atoms with E-state index < -0.39 is 4.92 Å². The summed E-state index contributed by atoms with van der Waals surface area (Å²) in [5, 5.41) is 14.3. The van der Waals surface area contributed by atoms with Crippen LogP contribution in [-0.2, 0) is 6.42 Å². The molecule has 1 amide bonds. The minimum atomic E-state index is -0.501. The Kier molecular flexibility index (Phi) is 5.30. The van der Waals surface area contributed by atoms with Crippen LogP contribution in [0.4, 0.5) is 5.69 Å². The molecule has 138 valence electrons. The van der Waals surface area contributed by atoms with Crippen molar-refractivity contribution in [3.63, 3.8) is 0 Å². The number of carbonyl (C=O) groups is 1. The van der Waals surface area contributed by atoms with Gasteiger partial charge >= 0.3 is 0 Å². The van der Waals surface area contributed by atoms with Crippen LogP contribution in [0.25, 0.3) is 5.69 Å². The smallest absolute Gasteiger partial charge is 0.294 e. The van der Waals surface area contributed by atoms with Crippen molar-refractivity contribution in [2.45, 2.75) is 26.3 Å². The highest BCUT2D eigenvalue weighted by molar-refractivity contribution is 5.95. The van der Waals surface area contributed by atoms with Gasteiger partial charge in [0.25, 0.3) is 11.6 Å². The topological polar surface area (TPSA) is 90.1 Å². The van der Waals surface area contributed by atoms with Crippen molar-refractivity contribution < 1.29 is 9.72 Å². The summed E-state index contributed by atoms with van der Waals surface area (Å²) in [6.07, 6.45) is 5.58. The first-order chi connectivity index (χ1) is 13.0. The summed E-state index contributed by atoms with van der Waals surface area (Å²) in [5.41, 5.74) is 2.65. The minimum absolute atomic E-state index is 0.152. The highest BCUT2D eigenvalue weighted by Crippen LogP contribution is 2.24. The molecule has 7 heteroatoms. The maximum Gasteiger partial charge on any atom is 0.294 e. The largest absolute Gasteiger partial charge is 0.346 e. The summed E-state index contributed by atoms with van der Waals surface area (Å²) in [6.45, 7) is 3.97. The Hall–Kier alpha value is -3.48. The third kappa shape index (κ3) is 4.03. The number of aryl methyl sites for hydroxylation is 1. The SMILES string of the molecule is CCc1ccc(C(C)NC(=O)c2ccc(-n3ccnc3)c([N+](=O)[O-])c2)cc1. The standard InChI is InChI=1S/C20H20N4O3/c1-3-15-4-6-16(7-5-15)14(2)22-20(25)17-8-9-18(19(12-17)24(26)27)23-11-10-21-13-23/h4-14H,3H2,1-2H3,(H,22,25). The monoisotopic (exact) mass is 364 g/mol. The first-order valence-corrected chi connectivity index (χ1v) is 8.66. The van der Waals surface area contributed by atoms with Gasteiger partial charge in [-0.15, -0.1) is 0 Å². The van der Waals surface area contributed by atoms with Gasteiger partial charge in [-0.25, -0.2) is 4.98 Å². The lowest BCUT2D eigenvalue weighted by atomic mass is 10.0. The lowest BCUT2D eigenvalue weighted by Gasteiger charge is -2.15. The number of imidazole rings is 1. The van der Waals surface area contributed by atoms with E-state index in [0.717, 1.165) is 12.0 Å². The van der Waals surface area contributed by atoms with E-state index in [4.69, 9.17) is 0 Å². The van der Waals surface area contributed by atoms with Crippen molar-refractivity contribution in [3.05, 3.63) is 88.0 Å². The first-order valence-electron chi connectivity index (χ1n) is 8.66. The van der Waals surface area contributed by atoms with Crippen LogP contribution in [0.3, 0.4) is 0 Å². The fourth-order valence-electron chi connectivity index (χ4n) is 2.84. The van der Waals surface area contributed by atoms with E-state index in [9.17, 15) is 14.9 Å². The Balaban J connectivity index is 1.81. The van der Waals surface area contributed by atoms with Crippen LogP contribution in [0, 0.1) is 10.1 Å². The predicted molar refractivity (Wildman–Crippen MR) is 102 cm³/mol. The first kappa shape index (κ1) is 18.3. The highest BCUT2D eigenvalue weighted by atomic mass is 16.6. The molecule has 0 aliphatic heterocycles. The molecule has 1 heterocycles. The summed E-state index contributed by atoms with van der Waals surface area (Å²) in [4.78, 5) is 27.4. The molecular formula is C20H20N4O3. The molecule has 0 radical (unpaired) electrons. The quantitative estimate of drug-likeness (QED) is 0.531. The molecule has 1 unspecified atom stereocenters. The number of nitrogens with zero attached hydrogens (tertiary/aromatic N) is 3. The zero-order valence-electron chi connectivity index (χ0n) is 15.1. The van der Waals surface area contributed by atoms with Crippen LogP contribution < -0.4 is 5.32 Å². The van der Waals surface area contributed by atoms with Crippen LogP contribution in [0.5, 0.6) is 0 Å². The third-order valence-electron chi connectivity index (χ3n) is 4.45. The lowest BCUT2D eigenvalue weighted by Crippen LogP contribution is -2.26. The number of carbonyl (C=O) groups excluding carboxylic acids is 1. The zero-order chi connectivity index (χ0) is 19.4. The maximum atomic E-state index is 12.6. The van der Waals surface area contributed by atoms with Crippen molar-refractivity contribution in [1.29, 1.82) is 0 Å². The van der Waals surface area contributed by atoms with Gasteiger partial charge in [-0.05, 0) is 36.6 Å². The maximum absolute atomic E-state index is 12.6. The molecule has 0 aliphatic rings. The fourth-order valence-corrected chi connectivity index (χ4v) is 2.84. The van der Waals surface area contributed by atoms with E-state index in [2.05, 4.69) is 17.2 Å². The van der Waals surface area contributed by atoms with Gasteiger partial charge in [-0.2, -0.15) is 0 Å². The predicted octanol–water partition coefficient (Wildman–Crippen LogP) is 3.83. The van der Waals surface area contributed by atoms with E-state index in [1.165, 1.54) is 28.7 Å². The summed E-state index contributed by atoms with van der Waals surface area (Å²) < 4.78 is 1.54. The number of hydrogen-bond donors (Lipinski definition) is 1. The molecule has 3 rings (SSSR count). The van der Waals surface area contributed by atoms with Crippen LogP contribution in [0.1, 0.15) is 41.4 Å². The number of rotatable bonds is 6. The minimum Gasteiger partial charge on any atom is -0.346 e. The second-order valence-corrected chi connectivity index (χ2v) is 6.22. The van der Waals surface area contributed by atoms with Crippen LogP contribution in [-0.4, -0.2) is 20.4 Å². The van der Waals surface area contributed by atoms with Gasteiger partial charge in [0.1, 0.15) is 5.69 Å². The molecule has 1 aromatic heterocycles.